The Kier molecular flexibility index (Phi) is 22.0. The number of allylic oxidation sites excluding steroid dienone is 4. The second kappa shape index (κ2) is 21.6. The number of hydrogen-bond acceptors (Lipinski definition) is 1. The fourth-order valence-electron chi connectivity index (χ4n) is 2.41. The highest BCUT2D eigenvalue weighted by Gasteiger charge is 2.15. The smallest absolute Gasteiger partial charge is 0.387 e. The Labute approximate surface area is 198 Å². The van der Waals surface area contributed by atoms with Crippen molar-refractivity contribution in [2.75, 3.05) is 5.33 Å². The van der Waals surface area contributed by atoms with E-state index >= 15 is 0 Å². The molecular weight excluding hydrogens is 458 g/mol. The van der Waals surface area contributed by atoms with E-state index in [0.29, 0.717) is 5.56 Å². The van der Waals surface area contributed by atoms with Crippen molar-refractivity contribution in [2.24, 2.45) is 0 Å². The minimum absolute atomic E-state index is 0.193. The van der Waals surface area contributed by atoms with Crippen LogP contribution in [-0.2, 0) is 0 Å². The van der Waals surface area contributed by atoms with Gasteiger partial charge in [0.05, 0.1) is 0 Å². The number of alkyl halides is 3. The Morgan fingerprint density at radius 2 is 1.77 bits per heavy atom. The first kappa shape index (κ1) is 31.6. The van der Waals surface area contributed by atoms with Crippen LogP contribution in [0.5, 0.6) is 5.75 Å². The number of unbranched alkanes of at least 4 members (excludes halogenated alkanes) is 2. The topological polar surface area (TPSA) is 9.23 Å². The van der Waals surface area contributed by atoms with E-state index in [2.05, 4.69) is 73.2 Å². The molecule has 1 rings (SSSR count). The summed E-state index contributed by atoms with van der Waals surface area (Å²) in [5, 5.41) is 1.02. The second-order valence-electron chi connectivity index (χ2n) is 6.96. The van der Waals surface area contributed by atoms with Crippen LogP contribution in [0, 0.1) is 11.8 Å². The summed E-state index contributed by atoms with van der Waals surface area (Å²) in [6, 6.07) is 5.10. The van der Waals surface area contributed by atoms with Crippen molar-refractivity contribution in [3.63, 3.8) is 0 Å². The minimum Gasteiger partial charge on any atom is -0.434 e. The van der Waals surface area contributed by atoms with Gasteiger partial charge in [-0.3, -0.25) is 0 Å². The Bertz CT molecular complexity index is 697. The summed E-state index contributed by atoms with van der Waals surface area (Å²) in [5.41, 5.74) is 3.82. The third-order valence-corrected chi connectivity index (χ3v) is 4.77. The van der Waals surface area contributed by atoms with E-state index in [0.717, 1.165) is 35.7 Å². The average molecular weight is 500 g/mol. The first-order valence-corrected chi connectivity index (χ1v) is 12.4. The van der Waals surface area contributed by atoms with Gasteiger partial charge in [-0.25, -0.2) is 0 Å². The zero-order valence-corrected chi connectivity index (χ0v) is 22.0. The van der Waals surface area contributed by atoms with Gasteiger partial charge in [-0.05, 0) is 50.8 Å². The summed E-state index contributed by atoms with van der Waals surface area (Å²) in [6.07, 6.45) is 10.4. The Morgan fingerprint density at radius 1 is 1.13 bits per heavy atom. The number of ether oxygens (including phenoxy) is 1. The quantitative estimate of drug-likeness (QED) is 0.196. The molecule has 176 valence electrons. The molecule has 0 N–H and O–H groups in total. The Balaban J connectivity index is 0. The maximum absolute atomic E-state index is 12.5. The van der Waals surface area contributed by atoms with Crippen LogP contribution in [0.2, 0.25) is 0 Å². The zero-order chi connectivity index (χ0) is 24.1. The van der Waals surface area contributed by atoms with Gasteiger partial charge in [0.25, 0.3) is 0 Å². The summed E-state index contributed by atoms with van der Waals surface area (Å²) >= 11 is 3.38. The van der Waals surface area contributed by atoms with Crippen LogP contribution in [-0.4, -0.2) is 11.9 Å². The van der Waals surface area contributed by atoms with Gasteiger partial charge in [0, 0.05) is 22.9 Å². The zero-order valence-electron chi connectivity index (χ0n) is 20.5. The highest BCUT2D eigenvalue weighted by Crippen LogP contribution is 2.32. The minimum atomic E-state index is -2.83. The SMILES string of the molecule is C/C=C(\CC)c1c(C#CCCC)cccc1OC(F)F.CCC.CCC/C=C(/C)CBr. The third-order valence-electron chi connectivity index (χ3n) is 3.88. The predicted molar refractivity (Wildman–Crippen MR) is 137 cm³/mol. The van der Waals surface area contributed by atoms with E-state index in [1.54, 1.807) is 12.1 Å². The molecule has 0 spiro atoms. The molecule has 0 aromatic heterocycles. The average Bonchev–Trinajstić information content (AvgIpc) is 2.75. The van der Waals surface area contributed by atoms with Crippen molar-refractivity contribution in [3.05, 3.63) is 47.1 Å². The van der Waals surface area contributed by atoms with E-state index in [-0.39, 0.29) is 5.75 Å². The molecule has 0 unspecified atom stereocenters. The first-order chi connectivity index (χ1) is 14.9. The second-order valence-corrected chi connectivity index (χ2v) is 7.52. The molecule has 0 saturated carbocycles. The van der Waals surface area contributed by atoms with Gasteiger partial charge in [-0.15, -0.1) is 0 Å². The van der Waals surface area contributed by atoms with Gasteiger partial charge in [0.15, 0.2) is 0 Å². The predicted octanol–water partition coefficient (Wildman–Crippen LogP) is 9.80. The number of benzene rings is 1. The fourth-order valence-corrected chi connectivity index (χ4v) is 2.64. The lowest BCUT2D eigenvalue weighted by atomic mass is 9.96. The maximum Gasteiger partial charge on any atom is 0.387 e. The van der Waals surface area contributed by atoms with Crippen LogP contribution in [0.4, 0.5) is 8.78 Å². The van der Waals surface area contributed by atoms with E-state index in [1.165, 1.54) is 24.8 Å². The summed E-state index contributed by atoms with van der Waals surface area (Å²) in [7, 11) is 0. The Hall–Kier alpha value is -1.60. The van der Waals surface area contributed by atoms with E-state index < -0.39 is 6.61 Å². The summed E-state index contributed by atoms with van der Waals surface area (Å²) < 4.78 is 29.7. The molecule has 0 radical (unpaired) electrons. The molecule has 0 amide bonds. The van der Waals surface area contributed by atoms with E-state index in [1.807, 2.05) is 26.0 Å². The van der Waals surface area contributed by atoms with Crippen LogP contribution in [0.3, 0.4) is 0 Å². The largest absolute Gasteiger partial charge is 0.434 e. The molecule has 0 heterocycles. The maximum atomic E-state index is 12.5. The monoisotopic (exact) mass is 498 g/mol. The van der Waals surface area contributed by atoms with Crippen molar-refractivity contribution in [2.45, 2.75) is 93.6 Å². The van der Waals surface area contributed by atoms with Gasteiger partial charge >= 0.3 is 6.61 Å². The molecular formula is C27H41BrF2O. The molecule has 0 aliphatic rings. The molecule has 0 aliphatic heterocycles. The summed E-state index contributed by atoms with van der Waals surface area (Å²) in [6.45, 7) is 11.7. The summed E-state index contributed by atoms with van der Waals surface area (Å²) in [5.74, 6) is 6.31. The summed E-state index contributed by atoms with van der Waals surface area (Å²) in [4.78, 5) is 0. The van der Waals surface area contributed by atoms with Gasteiger partial charge < -0.3 is 4.74 Å². The van der Waals surface area contributed by atoms with Gasteiger partial charge in [0.1, 0.15) is 5.75 Å². The van der Waals surface area contributed by atoms with Gasteiger partial charge in [0.2, 0.25) is 0 Å². The highest BCUT2D eigenvalue weighted by molar-refractivity contribution is 9.09. The molecule has 31 heavy (non-hydrogen) atoms. The fraction of sp³-hybridized carbons (Fsp3) is 0.556. The van der Waals surface area contributed by atoms with Crippen LogP contribution in [0.1, 0.15) is 98.1 Å². The molecule has 0 aliphatic carbocycles. The van der Waals surface area contributed by atoms with Gasteiger partial charge in [-0.2, -0.15) is 8.78 Å². The number of hydrogen-bond donors (Lipinski definition) is 0. The molecule has 1 nitrogen and oxygen atoms in total. The standard InChI is InChI=1S/C17H20F2O.C7H13Br.C3H8/c1-4-7-8-10-14-11-9-12-15(20-17(18)19)16(14)13(5-2)6-3;1-3-4-5-7(2)6-8;1-3-2/h5,9,11-12,17H,4,6-7H2,1-3H3;5H,3-4,6H2,1-2H3;3H2,1-2H3/b13-5+;7-5-;. The van der Waals surface area contributed by atoms with Crippen LogP contribution < -0.4 is 4.74 Å². The molecule has 0 saturated heterocycles. The van der Waals surface area contributed by atoms with Crippen LogP contribution in [0.25, 0.3) is 5.57 Å². The van der Waals surface area contributed by atoms with Crippen molar-refractivity contribution >= 4 is 21.5 Å². The normalized spacial score (nSPS) is 10.9. The molecule has 0 atom stereocenters. The number of halogens is 3. The number of rotatable bonds is 8. The van der Waals surface area contributed by atoms with Crippen molar-refractivity contribution in [1.29, 1.82) is 0 Å². The molecule has 0 fully saturated rings. The van der Waals surface area contributed by atoms with E-state index in [9.17, 15) is 8.78 Å². The lowest BCUT2D eigenvalue weighted by molar-refractivity contribution is -0.0500. The van der Waals surface area contributed by atoms with Crippen molar-refractivity contribution in [3.8, 4) is 17.6 Å². The van der Waals surface area contributed by atoms with Crippen molar-refractivity contribution < 1.29 is 13.5 Å². The molecule has 1 aromatic rings. The molecule has 1 aromatic carbocycles. The Morgan fingerprint density at radius 3 is 2.23 bits per heavy atom. The molecule has 4 heteroatoms. The van der Waals surface area contributed by atoms with Crippen molar-refractivity contribution in [1.82, 2.24) is 0 Å². The van der Waals surface area contributed by atoms with Crippen LogP contribution in [0.15, 0.2) is 35.9 Å². The third kappa shape index (κ3) is 15.8. The van der Waals surface area contributed by atoms with Crippen LogP contribution >= 0.6 is 15.9 Å². The lowest BCUT2D eigenvalue weighted by Gasteiger charge is -2.14. The lowest BCUT2D eigenvalue weighted by Crippen LogP contribution is -2.05. The van der Waals surface area contributed by atoms with E-state index in [4.69, 9.17) is 0 Å². The van der Waals surface area contributed by atoms with Gasteiger partial charge in [-0.1, -0.05) is 99.0 Å². The molecule has 0 bridgehead atoms. The first-order valence-electron chi connectivity index (χ1n) is 11.3. The highest BCUT2D eigenvalue weighted by atomic mass is 79.9.